The van der Waals surface area contributed by atoms with Crippen molar-refractivity contribution in [2.45, 2.75) is 13.8 Å². The van der Waals surface area contributed by atoms with Crippen molar-refractivity contribution in [2.24, 2.45) is 0 Å². The van der Waals surface area contributed by atoms with E-state index < -0.39 is 0 Å². The fraction of sp³-hybridized carbons (Fsp3) is 0.353. The van der Waals surface area contributed by atoms with Crippen molar-refractivity contribution in [1.82, 2.24) is 14.9 Å². The van der Waals surface area contributed by atoms with Gasteiger partial charge in [0.15, 0.2) is 5.13 Å². The Balaban J connectivity index is 1.48. The van der Waals surface area contributed by atoms with Gasteiger partial charge in [0, 0.05) is 32.4 Å². The summed E-state index contributed by atoms with van der Waals surface area (Å²) < 4.78 is 6.32. The SMILES string of the molecule is Cc1oc(C)c(C(=O)N2CCN(c3nc4cccnc4s3)CC2)c1Br. The summed E-state index contributed by atoms with van der Waals surface area (Å²) >= 11 is 5.07. The first-order chi connectivity index (χ1) is 12.0. The lowest BCUT2D eigenvalue weighted by Gasteiger charge is -2.34. The van der Waals surface area contributed by atoms with Crippen molar-refractivity contribution >= 4 is 48.7 Å². The highest BCUT2D eigenvalue weighted by atomic mass is 79.9. The van der Waals surface area contributed by atoms with Gasteiger partial charge in [-0.3, -0.25) is 4.79 Å². The normalized spacial score (nSPS) is 15.2. The molecule has 0 spiro atoms. The molecule has 1 amide bonds. The molecule has 0 saturated carbocycles. The van der Waals surface area contributed by atoms with Crippen molar-refractivity contribution in [3.05, 3.63) is 39.9 Å². The number of thiazole rings is 1. The number of hydrogen-bond donors (Lipinski definition) is 0. The Morgan fingerprint density at radius 1 is 1.24 bits per heavy atom. The molecular weight excluding hydrogens is 404 g/mol. The molecule has 1 saturated heterocycles. The molecule has 0 atom stereocenters. The third-order valence-electron chi connectivity index (χ3n) is 4.39. The van der Waals surface area contributed by atoms with Crippen LogP contribution >= 0.6 is 27.3 Å². The molecule has 3 aromatic rings. The summed E-state index contributed by atoms with van der Waals surface area (Å²) in [4.78, 5) is 26.9. The van der Waals surface area contributed by atoms with Crippen LogP contribution in [0.15, 0.2) is 27.2 Å². The molecule has 3 aromatic heterocycles. The number of carbonyl (C=O) groups excluding carboxylic acids is 1. The number of furan rings is 1. The van der Waals surface area contributed by atoms with Crippen molar-refractivity contribution < 1.29 is 9.21 Å². The van der Waals surface area contributed by atoms with E-state index >= 15 is 0 Å². The van der Waals surface area contributed by atoms with Crippen LogP contribution in [0.5, 0.6) is 0 Å². The zero-order valence-electron chi connectivity index (χ0n) is 14.0. The number of nitrogens with zero attached hydrogens (tertiary/aromatic N) is 4. The second-order valence-electron chi connectivity index (χ2n) is 6.01. The first kappa shape index (κ1) is 16.5. The van der Waals surface area contributed by atoms with E-state index in [-0.39, 0.29) is 5.91 Å². The van der Waals surface area contributed by atoms with Crippen molar-refractivity contribution in [3.8, 4) is 0 Å². The summed E-state index contributed by atoms with van der Waals surface area (Å²) in [5, 5.41) is 0.970. The molecule has 1 aliphatic heterocycles. The van der Waals surface area contributed by atoms with Crippen molar-refractivity contribution in [3.63, 3.8) is 0 Å². The first-order valence-corrected chi connectivity index (χ1v) is 9.67. The zero-order chi connectivity index (χ0) is 17.6. The van der Waals surface area contributed by atoms with Crippen LogP contribution in [0.25, 0.3) is 10.3 Å². The smallest absolute Gasteiger partial charge is 0.258 e. The van der Waals surface area contributed by atoms with Gasteiger partial charge in [-0.05, 0) is 41.9 Å². The second-order valence-corrected chi connectivity index (χ2v) is 7.76. The van der Waals surface area contributed by atoms with Gasteiger partial charge in [0.25, 0.3) is 5.91 Å². The van der Waals surface area contributed by atoms with Gasteiger partial charge in [-0.1, -0.05) is 11.3 Å². The van der Waals surface area contributed by atoms with Gasteiger partial charge >= 0.3 is 0 Å². The van der Waals surface area contributed by atoms with Gasteiger partial charge in [0.2, 0.25) is 0 Å². The fourth-order valence-electron chi connectivity index (χ4n) is 3.05. The lowest BCUT2D eigenvalue weighted by atomic mass is 10.2. The largest absolute Gasteiger partial charge is 0.465 e. The predicted molar refractivity (Wildman–Crippen MR) is 101 cm³/mol. The maximum Gasteiger partial charge on any atom is 0.258 e. The number of fused-ring (bicyclic) bond motifs is 1. The monoisotopic (exact) mass is 420 g/mol. The minimum Gasteiger partial charge on any atom is -0.465 e. The number of aryl methyl sites for hydroxylation is 2. The molecule has 1 aliphatic rings. The van der Waals surface area contributed by atoms with E-state index in [1.807, 2.05) is 30.9 Å². The summed E-state index contributed by atoms with van der Waals surface area (Å²) in [6.45, 7) is 6.54. The average Bonchev–Trinajstić information content (AvgIpc) is 3.15. The molecule has 4 rings (SSSR count). The fourth-order valence-corrected chi connectivity index (χ4v) is 4.54. The van der Waals surface area contributed by atoms with E-state index in [1.165, 1.54) is 0 Å². The molecule has 0 radical (unpaired) electrons. The van der Waals surface area contributed by atoms with E-state index in [1.54, 1.807) is 17.5 Å². The maximum atomic E-state index is 12.8. The van der Waals surface area contributed by atoms with Gasteiger partial charge in [-0.15, -0.1) is 0 Å². The van der Waals surface area contributed by atoms with Crippen LogP contribution in [0.1, 0.15) is 21.9 Å². The van der Waals surface area contributed by atoms with E-state index in [4.69, 9.17) is 4.42 Å². The number of halogens is 1. The molecule has 130 valence electrons. The number of hydrogen-bond acceptors (Lipinski definition) is 6. The van der Waals surface area contributed by atoms with Gasteiger partial charge < -0.3 is 14.2 Å². The molecule has 6 nitrogen and oxygen atoms in total. The van der Waals surface area contributed by atoms with E-state index in [0.717, 1.165) is 38.8 Å². The summed E-state index contributed by atoms with van der Waals surface area (Å²) in [7, 11) is 0. The van der Waals surface area contributed by atoms with Crippen molar-refractivity contribution in [2.75, 3.05) is 31.1 Å². The highest BCUT2D eigenvalue weighted by molar-refractivity contribution is 9.10. The van der Waals surface area contributed by atoms with Crippen LogP contribution in [0.2, 0.25) is 0 Å². The number of aromatic nitrogens is 2. The Morgan fingerprint density at radius 3 is 2.64 bits per heavy atom. The van der Waals surface area contributed by atoms with E-state index in [9.17, 15) is 4.79 Å². The number of carbonyl (C=O) groups is 1. The number of rotatable bonds is 2. The molecule has 4 heterocycles. The quantitative estimate of drug-likeness (QED) is 0.633. The molecule has 25 heavy (non-hydrogen) atoms. The van der Waals surface area contributed by atoms with Crippen LogP contribution in [-0.2, 0) is 0 Å². The highest BCUT2D eigenvalue weighted by Gasteiger charge is 2.28. The van der Waals surface area contributed by atoms with E-state index in [2.05, 4.69) is 30.8 Å². The van der Waals surface area contributed by atoms with Crippen LogP contribution in [0.4, 0.5) is 5.13 Å². The minimum absolute atomic E-state index is 0.0202. The van der Waals surface area contributed by atoms with Crippen molar-refractivity contribution in [1.29, 1.82) is 0 Å². The Morgan fingerprint density at radius 2 is 2.00 bits per heavy atom. The third kappa shape index (κ3) is 2.93. The molecule has 8 heteroatoms. The molecule has 0 N–H and O–H groups in total. The number of pyridine rings is 1. The van der Waals surface area contributed by atoms with Crippen LogP contribution in [0.3, 0.4) is 0 Å². The predicted octanol–water partition coefficient (Wildman–Crippen LogP) is 3.63. The number of amides is 1. The Labute approximate surface area is 157 Å². The topological polar surface area (TPSA) is 62.5 Å². The van der Waals surface area contributed by atoms with E-state index in [0.29, 0.717) is 24.4 Å². The van der Waals surface area contributed by atoms with Crippen LogP contribution in [-0.4, -0.2) is 47.0 Å². The molecule has 0 unspecified atom stereocenters. The minimum atomic E-state index is 0.0202. The highest BCUT2D eigenvalue weighted by Crippen LogP contribution is 2.30. The molecule has 0 aliphatic carbocycles. The number of piperazine rings is 1. The standard InChI is InChI=1S/C17H17BrN4O2S/c1-10-13(14(18)11(2)24-10)16(23)21-6-8-22(9-7-21)17-20-12-4-3-5-19-15(12)25-17/h3-5H,6-9H2,1-2H3. The Hall–Kier alpha value is -1.93. The third-order valence-corrected chi connectivity index (χ3v) is 6.39. The summed E-state index contributed by atoms with van der Waals surface area (Å²) in [5.74, 6) is 1.42. The van der Waals surface area contributed by atoms with Gasteiger partial charge in [-0.2, -0.15) is 0 Å². The lowest BCUT2D eigenvalue weighted by Crippen LogP contribution is -2.48. The number of anilines is 1. The molecule has 1 fully saturated rings. The zero-order valence-corrected chi connectivity index (χ0v) is 16.4. The van der Waals surface area contributed by atoms with Crippen LogP contribution in [0, 0.1) is 13.8 Å². The summed E-state index contributed by atoms with van der Waals surface area (Å²) in [5.41, 5.74) is 1.56. The van der Waals surface area contributed by atoms with Crippen LogP contribution < -0.4 is 4.90 Å². The van der Waals surface area contributed by atoms with Gasteiger partial charge in [0.1, 0.15) is 21.9 Å². The second kappa shape index (κ2) is 6.42. The van der Waals surface area contributed by atoms with Gasteiger partial charge in [0.05, 0.1) is 10.0 Å². The summed E-state index contributed by atoms with van der Waals surface area (Å²) in [6.07, 6.45) is 1.79. The maximum absolute atomic E-state index is 12.8. The Kier molecular flexibility index (Phi) is 4.24. The van der Waals surface area contributed by atoms with Gasteiger partial charge in [-0.25, -0.2) is 9.97 Å². The lowest BCUT2D eigenvalue weighted by molar-refractivity contribution is 0.0744. The Bertz CT molecular complexity index is 910. The molecular formula is C17H17BrN4O2S. The molecule has 0 bridgehead atoms. The average molecular weight is 421 g/mol. The summed E-state index contributed by atoms with van der Waals surface area (Å²) in [6, 6.07) is 3.87. The molecule has 0 aromatic carbocycles. The first-order valence-electron chi connectivity index (χ1n) is 8.06.